The summed E-state index contributed by atoms with van der Waals surface area (Å²) in [6.45, 7) is 0. The van der Waals surface area contributed by atoms with Crippen molar-refractivity contribution in [3.8, 4) is 22.4 Å². The molecule has 1 aromatic carbocycles. The predicted octanol–water partition coefficient (Wildman–Crippen LogP) is 5.35. The number of hydrogen-bond acceptors (Lipinski definition) is 6. The lowest BCUT2D eigenvalue weighted by Gasteiger charge is -2.19. The number of benzene rings is 1. The van der Waals surface area contributed by atoms with Gasteiger partial charge in [0, 0.05) is 46.7 Å². The lowest BCUT2D eigenvalue weighted by molar-refractivity contribution is -0.614. The third-order valence-electron chi connectivity index (χ3n) is 6.52. The van der Waals surface area contributed by atoms with E-state index < -0.39 is 0 Å². The molecule has 1 saturated carbocycles. The second kappa shape index (κ2) is 10.4. The van der Waals surface area contributed by atoms with Crippen LogP contribution in [0.5, 0.6) is 0 Å². The molecular formula is C26H26ClN9O. The number of imidazole rings is 1. The van der Waals surface area contributed by atoms with Gasteiger partial charge < -0.3 is 20.8 Å². The Morgan fingerprint density at radius 1 is 1.22 bits per heavy atom. The highest BCUT2D eigenvalue weighted by Crippen LogP contribution is 2.41. The van der Waals surface area contributed by atoms with E-state index in [4.69, 9.17) is 22.9 Å². The number of nitrogens with zero attached hydrogens (tertiary/aromatic N) is 6. The van der Waals surface area contributed by atoms with Gasteiger partial charge in [0.15, 0.2) is 6.20 Å². The molecule has 3 aromatic heterocycles. The summed E-state index contributed by atoms with van der Waals surface area (Å²) in [4.78, 5) is 13.9. The monoisotopic (exact) mass is 515 g/mol. The summed E-state index contributed by atoms with van der Waals surface area (Å²) in [6.07, 6.45) is 9.62. The molecule has 11 heteroatoms. The zero-order valence-corrected chi connectivity index (χ0v) is 20.9. The van der Waals surface area contributed by atoms with Crippen LogP contribution in [0.2, 0.25) is 5.02 Å². The number of nitrogens with two attached hydrogens (primary N) is 1. The van der Waals surface area contributed by atoms with Crippen LogP contribution in [0.15, 0.2) is 71.4 Å². The zero-order valence-electron chi connectivity index (χ0n) is 20.2. The minimum atomic E-state index is -0.179. The molecule has 0 spiro atoms. The Hall–Kier alpha value is -4.31. The molecule has 10 nitrogen and oxygen atoms in total. The van der Waals surface area contributed by atoms with Gasteiger partial charge in [-0.2, -0.15) is 10.3 Å². The molecule has 0 bridgehead atoms. The van der Waals surface area contributed by atoms with Crippen LogP contribution in [0.1, 0.15) is 36.7 Å². The molecule has 1 unspecified atom stereocenters. The van der Waals surface area contributed by atoms with Crippen molar-refractivity contribution in [1.82, 2.24) is 15.0 Å². The first kappa shape index (κ1) is 24.4. The van der Waals surface area contributed by atoms with Crippen LogP contribution in [0.3, 0.4) is 0 Å². The van der Waals surface area contributed by atoms with Crippen LogP contribution in [0, 0.1) is 16.7 Å². The first-order chi connectivity index (χ1) is 17.9. The molecule has 1 fully saturated rings. The maximum absolute atomic E-state index is 13.4. The fourth-order valence-electron chi connectivity index (χ4n) is 4.42. The van der Waals surface area contributed by atoms with Crippen LogP contribution >= 0.6 is 11.6 Å². The summed E-state index contributed by atoms with van der Waals surface area (Å²) < 4.78 is 0.924. The van der Waals surface area contributed by atoms with E-state index in [0.29, 0.717) is 28.0 Å². The normalized spacial score (nSPS) is 14.1. The molecule has 1 aliphatic rings. The van der Waals surface area contributed by atoms with Crippen LogP contribution in [0.25, 0.3) is 22.4 Å². The number of nitrogen functional groups attached to an aromatic ring is 1. The second-order valence-electron chi connectivity index (χ2n) is 9.16. The molecule has 1 atom stereocenters. The van der Waals surface area contributed by atoms with Crippen LogP contribution < -0.4 is 15.4 Å². The Balaban J connectivity index is 1.50. The topological polar surface area (TPSA) is 146 Å². The number of pyridine rings is 2. The van der Waals surface area contributed by atoms with Gasteiger partial charge in [0.1, 0.15) is 23.9 Å². The Kier molecular flexibility index (Phi) is 6.82. The maximum atomic E-state index is 13.4. The van der Waals surface area contributed by atoms with E-state index in [0.717, 1.165) is 52.3 Å². The molecule has 3 heterocycles. The SMILES string of the molecule is CN(/C=N\N=N)c1ccc(Cl)cc1-c1ccc(C(CC2CC2)c2ncc(-c3ccc(N)nc3)[nH]2)[n+]([O-])c1. The van der Waals surface area contributed by atoms with E-state index in [2.05, 4.69) is 25.3 Å². The van der Waals surface area contributed by atoms with Crippen molar-refractivity contribution < 1.29 is 4.73 Å². The minimum Gasteiger partial charge on any atom is -0.618 e. The van der Waals surface area contributed by atoms with Crippen molar-refractivity contribution in [1.29, 1.82) is 5.53 Å². The smallest absolute Gasteiger partial charge is 0.203 e. The van der Waals surface area contributed by atoms with Crippen molar-refractivity contribution in [2.75, 3.05) is 17.7 Å². The number of rotatable bonds is 9. The Morgan fingerprint density at radius 2 is 2.03 bits per heavy atom. The lowest BCUT2D eigenvalue weighted by Crippen LogP contribution is -2.34. The molecular weight excluding hydrogens is 490 g/mol. The highest BCUT2D eigenvalue weighted by atomic mass is 35.5. The maximum Gasteiger partial charge on any atom is 0.203 e. The van der Waals surface area contributed by atoms with Crippen molar-refractivity contribution >= 4 is 29.4 Å². The van der Waals surface area contributed by atoms with E-state index in [-0.39, 0.29) is 5.92 Å². The third-order valence-corrected chi connectivity index (χ3v) is 6.76. The molecule has 0 radical (unpaired) electrons. The average molecular weight is 516 g/mol. The number of halogens is 1. The highest BCUT2D eigenvalue weighted by molar-refractivity contribution is 6.31. The van der Waals surface area contributed by atoms with Crippen LogP contribution in [0.4, 0.5) is 11.5 Å². The van der Waals surface area contributed by atoms with Gasteiger partial charge in [0.05, 0.1) is 11.9 Å². The lowest BCUT2D eigenvalue weighted by atomic mass is 9.95. The zero-order chi connectivity index (χ0) is 25.9. The average Bonchev–Trinajstić information content (AvgIpc) is 3.59. The summed E-state index contributed by atoms with van der Waals surface area (Å²) in [5.74, 6) is 1.60. The molecule has 0 aliphatic heterocycles. The van der Waals surface area contributed by atoms with Crippen molar-refractivity contribution in [3.63, 3.8) is 0 Å². The first-order valence-electron chi connectivity index (χ1n) is 11.9. The van der Waals surface area contributed by atoms with Crippen molar-refractivity contribution in [2.24, 2.45) is 16.2 Å². The van der Waals surface area contributed by atoms with Crippen molar-refractivity contribution in [2.45, 2.75) is 25.2 Å². The predicted molar refractivity (Wildman–Crippen MR) is 143 cm³/mol. The van der Waals surface area contributed by atoms with Gasteiger partial charge >= 0.3 is 0 Å². The quantitative estimate of drug-likeness (QED) is 0.0686. The van der Waals surface area contributed by atoms with Gasteiger partial charge in [-0.05, 0) is 48.7 Å². The van der Waals surface area contributed by atoms with E-state index >= 15 is 0 Å². The number of aromatic amines is 1. The Morgan fingerprint density at radius 3 is 2.73 bits per heavy atom. The fourth-order valence-corrected chi connectivity index (χ4v) is 4.59. The summed E-state index contributed by atoms with van der Waals surface area (Å²) in [5, 5.41) is 20.6. The molecule has 5 rings (SSSR count). The van der Waals surface area contributed by atoms with Gasteiger partial charge in [-0.25, -0.2) is 9.97 Å². The summed E-state index contributed by atoms with van der Waals surface area (Å²) in [6, 6.07) is 12.8. The number of H-pyrrole nitrogens is 1. The highest BCUT2D eigenvalue weighted by Gasteiger charge is 2.33. The van der Waals surface area contributed by atoms with Crippen LogP contribution in [-0.4, -0.2) is 28.3 Å². The molecule has 0 saturated heterocycles. The first-order valence-corrected chi connectivity index (χ1v) is 12.2. The number of anilines is 2. The van der Waals surface area contributed by atoms with Gasteiger partial charge in [-0.15, -0.1) is 5.10 Å². The molecule has 4 N–H and O–H groups in total. The third kappa shape index (κ3) is 5.44. The van der Waals surface area contributed by atoms with Crippen LogP contribution in [-0.2, 0) is 0 Å². The number of hydrogen-bond donors (Lipinski definition) is 3. The van der Waals surface area contributed by atoms with Crippen molar-refractivity contribution in [3.05, 3.63) is 82.8 Å². The van der Waals surface area contributed by atoms with Gasteiger partial charge in [-0.3, -0.25) is 0 Å². The number of aromatic nitrogens is 4. The van der Waals surface area contributed by atoms with Gasteiger partial charge in [0.25, 0.3) is 0 Å². The summed E-state index contributed by atoms with van der Waals surface area (Å²) in [7, 11) is 1.79. The molecule has 188 valence electrons. The minimum absolute atomic E-state index is 0.179. The van der Waals surface area contributed by atoms with E-state index in [1.54, 1.807) is 48.7 Å². The standard InChI is InChI=1S/C26H26ClN9O/c1-35(15-32-34-29)23-8-6-19(27)11-20(23)18-4-7-24(36(37)14-18)21(10-16-2-3-16)26-31-13-22(33-26)17-5-9-25(28)30-12-17/h4-9,11-16,21,29H,2-3,10H2,1H3,(H2,28,30)(H,31,33)/b32-15-,34-29?. The molecule has 0 amide bonds. The Labute approximate surface area is 218 Å². The molecule has 1 aliphatic carbocycles. The van der Waals surface area contributed by atoms with Gasteiger partial charge in [-0.1, -0.05) is 29.7 Å². The fraction of sp³-hybridized carbons (Fsp3) is 0.231. The summed E-state index contributed by atoms with van der Waals surface area (Å²) in [5.41, 5.74) is 17.2. The molecule has 37 heavy (non-hydrogen) atoms. The second-order valence-corrected chi connectivity index (χ2v) is 9.59. The van der Waals surface area contributed by atoms with Gasteiger partial charge in [0.2, 0.25) is 5.69 Å². The molecule has 4 aromatic rings. The van der Waals surface area contributed by atoms with E-state index in [9.17, 15) is 5.21 Å². The van der Waals surface area contributed by atoms with E-state index in [1.165, 1.54) is 6.34 Å². The largest absolute Gasteiger partial charge is 0.618 e. The summed E-state index contributed by atoms with van der Waals surface area (Å²) >= 11 is 6.29. The number of nitrogens with one attached hydrogen (secondary N) is 2. The Bertz CT molecular complexity index is 1450. The van der Waals surface area contributed by atoms with E-state index in [1.807, 2.05) is 24.3 Å².